The summed E-state index contributed by atoms with van der Waals surface area (Å²) in [5.74, 6) is -0.00147. The number of thioether (sulfide) groups is 1. The number of halogens is 6. The largest absolute Gasteiger partial charge is 0.416 e. The fourth-order valence-electron chi connectivity index (χ4n) is 2.71. The predicted octanol–water partition coefficient (Wildman–Crippen LogP) is 3.67. The molecule has 0 aliphatic carbocycles. The van der Waals surface area contributed by atoms with E-state index in [1.54, 1.807) is 13.8 Å². The normalized spacial score (nSPS) is 21.0. The number of hydrogen-bond donors (Lipinski definition) is 3. The van der Waals surface area contributed by atoms with Crippen molar-refractivity contribution >= 4 is 17.7 Å². The lowest BCUT2D eigenvalue weighted by Crippen LogP contribution is -2.42. The maximum Gasteiger partial charge on any atom is 0.416 e. The Labute approximate surface area is 162 Å². The summed E-state index contributed by atoms with van der Waals surface area (Å²) in [6.07, 6.45) is -9.68. The van der Waals surface area contributed by atoms with Gasteiger partial charge in [-0.3, -0.25) is 10.1 Å². The van der Waals surface area contributed by atoms with E-state index in [2.05, 4.69) is 10.6 Å². The Morgan fingerprint density at radius 1 is 1.14 bits per heavy atom. The highest BCUT2D eigenvalue weighted by Gasteiger charge is 2.38. The zero-order valence-corrected chi connectivity index (χ0v) is 16.0. The molecule has 11 heteroatoms. The van der Waals surface area contributed by atoms with E-state index < -0.39 is 35.1 Å². The minimum absolute atomic E-state index is 0.0911. The van der Waals surface area contributed by atoms with E-state index in [-0.39, 0.29) is 41.6 Å². The van der Waals surface area contributed by atoms with E-state index in [9.17, 15) is 31.1 Å². The molecule has 1 amide bonds. The van der Waals surface area contributed by atoms with Crippen molar-refractivity contribution in [3.05, 3.63) is 34.9 Å². The average Bonchev–Trinajstić information content (AvgIpc) is 2.98. The van der Waals surface area contributed by atoms with E-state index in [0.717, 1.165) is 12.1 Å². The average molecular weight is 429 g/mol. The van der Waals surface area contributed by atoms with Crippen LogP contribution in [0, 0.1) is 0 Å². The molecule has 28 heavy (non-hydrogen) atoms. The first-order valence-electron chi connectivity index (χ1n) is 8.38. The molecule has 0 saturated carbocycles. The van der Waals surface area contributed by atoms with E-state index in [1.165, 1.54) is 11.8 Å². The quantitative estimate of drug-likeness (QED) is 0.625. The molecule has 1 fully saturated rings. The summed E-state index contributed by atoms with van der Waals surface area (Å²) >= 11 is 1.31. The van der Waals surface area contributed by atoms with Crippen molar-refractivity contribution in [3.8, 4) is 0 Å². The molecule has 1 aliphatic rings. The molecule has 1 heterocycles. The van der Waals surface area contributed by atoms with Crippen LogP contribution >= 0.6 is 11.8 Å². The topological polar surface area (TPSA) is 67.2 Å². The minimum Gasteiger partial charge on any atom is -0.354 e. The van der Waals surface area contributed by atoms with Crippen LogP contribution in [-0.4, -0.2) is 29.1 Å². The Kier molecular flexibility index (Phi) is 6.61. The van der Waals surface area contributed by atoms with E-state index in [1.807, 2.05) is 0 Å². The maximum atomic E-state index is 13.0. The van der Waals surface area contributed by atoms with Crippen molar-refractivity contribution in [2.24, 2.45) is 5.73 Å². The summed E-state index contributed by atoms with van der Waals surface area (Å²) in [5, 5.41) is 5.29. The standard InChI is InChI=1S/C17H21F6N3OS/c1-15(2,24)6-13(27)25-7-14-26-12(8-28-14)9-3-10(16(18,19)20)5-11(4-9)17(21,22)23/h3-5,12,14,26H,6-8,24H2,1-2H3,(H,25,27). The zero-order valence-electron chi connectivity index (χ0n) is 15.2. The highest BCUT2D eigenvalue weighted by atomic mass is 32.2. The van der Waals surface area contributed by atoms with Crippen LogP contribution in [0.15, 0.2) is 18.2 Å². The van der Waals surface area contributed by atoms with Gasteiger partial charge < -0.3 is 11.1 Å². The van der Waals surface area contributed by atoms with Crippen LogP contribution in [0.3, 0.4) is 0 Å². The van der Waals surface area contributed by atoms with Gasteiger partial charge in [-0.1, -0.05) is 0 Å². The van der Waals surface area contributed by atoms with Crippen LogP contribution in [0.2, 0.25) is 0 Å². The third-order valence-corrected chi connectivity index (χ3v) is 5.20. The van der Waals surface area contributed by atoms with Gasteiger partial charge in [-0.15, -0.1) is 11.8 Å². The summed E-state index contributed by atoms with van der Waals surface area (Å²) in [5.41, 5.74) is 2.29. The third-order valence-electron chi connectivity index (χ3n) is 3.96. The molecule has 1 saturated heterocycles. The molecule has 0 bridgehead atoms. The van der Waals surface area contributed by atoms with Crippen molar-refractivity contribution in [2.45, 2.75) is 49.6 Å². The Morgan fingerprint density at radius 3 is 2.14 bits per heavy atom. The van der Waals surface area contributed by atoms with Gasteiger partial charge in [0.2, 0.25) is 5.91 Å². The number of nitrogens with two attached hydrogens (primary N) is 1. The molecule has 4 nitrogen and oxygen atoms in total. The molecule has 4 N–H and O–H groups in total. The molecule has 158 valence electrons. The Balaban J connectivity index is 2.09. The first-order chi connectivity index (χ1) is 12.6. The van der Waals surface area contributed by atoms with Crippen LogP contribution < -0.4 is 16.4 Å². The molecule has 1 aromatic rings. The highest BCUT2D eigenvalue weighted by molar-refractivity contribution is 8.00. The summed E-state index contributed by atoms with van der Waals surface area (Å²) in [6.45, 7) is 3.56. The van der Waals surface area contributed by atoms with Crippen molar-refractivity contribution in [1.29, 1.82) is 0 Å². The van der Waals surface area contributed by atoms with Crippen molar-refractivity contribution in [1.82, 2.24) is 10.6 Å². The minimum atomic E-state index is -4.88. The molecule has 2 rings (SSSR count). The fourth-order valence-corrected chi connectivity index (χ4v) is 3.88. The van der Waals surface area contributed by atoms with Gasteiger partial charge in [-0.2, -0.15) is 26.3 Å². The monoisotopic (exact) mass is 429 g/mol. The van der Waals surface area contributed by atoms with E-state index >= 15 is 0 Å². The lowest BCUT2D eigenvalue weighted by molar-refractivity contribution is -0.143. The van der Waals surface area contributed by atoms with Crippen molar-refractivity contribution in [3.63, 3.8) is 0 Å². The van der Waals surface area contributed by atoms with Gasteiger partial charge in [0, 0.05) is 30.3 Å². The Hall–Kier alpha value is -1.46. The fraction of sp³-hybridized carbons (Fsp3) is 0.588. The van der Waals surface area contributed by atoms with Crippen molar-refractivity contribution in [2.75, 3.05) is 12.3 Å². The number of hydrogen-bond acceptors (Lipinski definition) is 4. The molecular weight excluding hydrogens is 408 g/mol. The van der Waals surface area contributed by atoms with Gasteiger partial charge >= 0.3 is 12.4 Å². The van der Waals surface area contributed by atoms with Gasteiger partial charge in [0.15, 0.2) is 0 Å². The van der Waals surface area contributed by atoms with Crippen molar-refractivity contribution < 1.29 is 31.1 Å². The van der Waals surface area contributed by atoms with Gasteiger partial charge in [-0.05, 0) is 37.6 Å². The maximum absolute atomic E-state index is 13.0. The van der Waals surface area contributed by atoms with Gasteiger partial charge in [-0.25, -0.2) is 0 Å². The molecule has 1 aromatic carbocycles. The van der Waals surface area contributed by atoms with Crippen LogP contribution in [0.25, 0.3) is 0 Å². The Bertz CT molecular complexity index is 682. The summed E-state index contributed by atoms with van der Waals surface area (Å²) < 4.78 is 78.0. The number of rotatable bonds is 5. The molecule has 0 aromatic heterocycles. The Morgan fingerprint density at radius 2 is 1.68 bits per heavy atom. The molecule has 0 radical (unpaired) electrons. The summed E-state index contributed by atoms with van der Waals surface area (Å²) in [4.78, 5) is 11.8. The first-order valence-corrected chi connectivity index (χ1v) is 9.43. The smallest absolute Gasteiger partial charge is 0.354 e. The number of benzene rings is 1. The molecule has 1 aliphatic heterocycles. The number of nitrogens with one attached hydrogen (secondary N) is 2. The summed E-state index contributed by atoms with van der Waals surface area (Å²) in [7, 11) is 0. The predicted molar refractivity (Wildman–Crippen MR) is 94.5 cm³/mol. The summed E-state index contributed by atoms with van der Waals surface area (Å²) in [6, 6.07) is 0.871. The van der Waals surface area contributed by atoms with E-state index in [0.29, 0.717) is 0 Å². The highest BCUT2D eigenvalue weighted by Crippen LogP contribution is 2.39. The SMILES string of the molecule is CC(C)(N)CC(=O)NCC1NC(c2cc(C(F)(F)F)cc(C(F)(F)F)c2)CS1. The van der Waals surface area contributed by atoms with Crippen LogP contribution in [-0.2, 0) is 17.1 Å². The number of carbonyl (C=O) groups is 1. The lowest BCUT2D eigenvalue weighted by atomic mass is 10.0. The molecular formula is C17H21F6N3OS. The van der Waals surface area contributed by atoms with Gasteiger partial charge in [0.05, 0.1) is 16.5 Å². The molecule has 2 atom stereocenters. The first kappa shape index (κ1) is 22.8. The van der Waals surface area contributed by atoms with Crippen LogP contribution in [0.5, 0.6) is 0 Å². The lowest BCUT2D eigenvalue weighted by Gasteiger charge is -2.20. The van der Waals surface area contributed by atoms with Gasteiger partial charge in [0.1, 0.15) is 0 Å². The second-order valence-corrected chi connectivity index (χ2v) is 8.59. The number of amides is 1. The number of carbonyl (C=O) groups excluding carboxylic acids is 1. The van der Waals surface area contributed by atoms with Crippen LogP contribution in [0.4, 0.5) is 26.3 Å². The molecule has 2 unspecified atom stereocenters. The molecule has 0 spiro atoms. The number of alkyl halides is 6. The van der Waals surface area contributed by atoms with Crippen LogP contribution in [0.1, 0.15) is 43.0 Å². The van der Waals surface area contributed by atoms with E-state index in [4.69, 9.17) is 5.73 Å². The zero-order chi connectivity index (χ0) is 21.3. The third kappa shape index (κ3) is 6.56. The second-order valence-electron chi connectivity index (χ2n) is 7.35. The van der Waals surface area contributed by atoms with Gasteiger partial charge in [0.25, 0.3) is 0 Å². The second kappa shape index (κ2) is 8.11.